The maximum Gasteiger partial charge on any atom is 0.339 e. The molecule has 1 N–H and O–H groups in total. The van der Waals surface area contributed by atoms with E-state index in [1.807, 2.05) is 6.07 Å². The lowest BCUT2D eigenvalue weighted by atomic mass is 10.1. The lowest BCUT2D eigenvalue weighted by molar-refractivity contribution is 0.0696. The van der Waals surface area contributed by atoms with Crippen molar-refractivity contribution in [3.63, 3.8) is 0 Å². The minimum absolute atomic E-state index is 0.180. The molecule has 0 aliphatic heterocycles. The summed E-state index contributed by atoms with van der Waals surface area (Å²) in [4.78, 5) is 11.0. The molecule has 102 valence electrons. The van der Waals surface area contributed by atoms with E-state index >= 15 is 0 Å². The van der Waals surface area contributed by atoms with Gasteiger partial charge in [-0.2, -0.15) is 10.4 Å². The van der Waals surface area contributed by atoms with E-state index in [0.29, 0.717) is 23.6 Å². The van der Waals surface area contributed by atoms with Crippen LogP contribution in [0.2, 0.25) is 0 Å². The fourth-order valence-electron chi connectivity index (χ4n) is 1.93. The Morgan fingerprint density at radius 1 is 1.55 bits per heavy atom. The van der Waals surface area contributed by atoms with Crippen LogP contribution in [-0.4, -0.2) is 28.0 Å². The molecule has 0 atom stereocenters. The first-order valence-corrected chi connectivity index (χ1v) is 5.89. The molecule has 20 heavy (non-hydrogen) atoms. The molecule has 2 aromatic rings. The van der Waals surface area contributed by atoms with Crippen molar-refractivity contribution < 1.29 is 14.6 Å². The van der Waals surface area contributed by atoms with Gasteiger partial charge >= 0.3 is 5.97 Å². The molecule has 0 radical (unpaired) electrons. The van der Waals surface area contributed by atoms with E-state index < -0.39 is 5.97 Å². The topological polar surface area (TPSA) is 88.1 Å². The van der Waals surface area contributed by atoms with Crippen LogP contribution in [0.1, 0.15) is 27.2 Å². The molecule has 1 heterocycles. The van der Waals surface area contributed by atoms with Crippen molar-refractivity contribution in [1.82, 2.24) is 9.78 Å². The second-order valence-electron chi connectivity index (χ2n) is 4.25. The first-order valence-electron chi connectivity index (χ1n) is 5.89. The Hall–Kier alpha value is -2.81. The molecule has 0 aliphatic rings. The van der Waals surface area contributed by atoms with Gasteiger partial charge in [0.25, 0.3) is 0 Å². The van der Waals surface area contributed by atoms with Crippen LogP contribution in [0.5, 0.6) is 5.75 Å². The van der Waals surface area contributed by atoms with Crippen molar-refractivity contribution >= 4 is 5.97 Å². The summed E-state index contributed by atoms with van der Waals surface area (Å²) in [6.45, 7) is 2.10. The molecule has 1 aromatic heterocycles. The van der Waals surface area contributed by atoms with Crippen molar-refractivity contribution in [2.45, 2.75) is 13.5 Å². The molecule has 0 fully saturated rings. The van der Waals surface area contributed by atoms with Crippen molar-refractivity contribution in [3.05, 3.63) is 46.8 Å². The SMILES string of the molecule is COc1ccc(Cn2ncc(C(=O)O)c2C)cc1C#N. The highest BCUT2D eigenvalue weighted by Gasteiger charge is 2.13. The van der Waals surface area contributed by atoms with E-state index in [0.717, 1.165) is 5.56 Å². The number of rotatable bonds is 4. The van der Waals surface area contributed by atoms with E-state index in [1.54, 1.807) is 23.7 Å². The van der Waals surface area contributed by atoms with Gasteiger partial charge in [0.2, 0.25) is 0 Å². The average Bonchev–Trinajstić information content (AvgIpc) is 2.80. The third kappa shape index (κ3) is 2.47. The second-order valence-corrected chi connectivity index (χ2v) is 4.25. The monoisotopic (exact) mass is 271 g/mol. The number of aromatic nitrogens is 2. The highest BCUT2D eigenvalue weighted by atomic mass is 16.5. The Morgan fingerprint density at radius 2 is 2.30 bits per heavy atom. The first kappa shape index (κ1) is 13.6. The minimum Gasteiger partial charge on any atom is -0.495 e. The van der Waals surface area contributed by atoms with Gasteiger partial charge in [-0.05, 0) is 24.6 Å². The summed E-state index contributed by atoms with van der Waals surface area (Å²) in [5, 5.41) is 22.1. The third-order valence-corrected chi connectivity index (χ3v) is 3.05. The summed E-state index contributed by atoms with van der Waals surface area (Å²) in [6, 6.07) is 7.30. The standard InChI is InChI=1S/C14H13N3O3/c1-9-12(14(18)19)7-16-17(9)8-10-3-4-13(20-2)11(5-10)6-15/h3-5,7H,8H2,1-2H3,(H,18,19). The molecule has 0 bridgehead atoms. The van der Waals surface area contributed by atoms with Crippen LogP contribution in [0.15, 0.2) is 24.4 Å². The van der Waals surface area contributed by atoms with Gasteiger partial charge in [0.15, 0.2) is 0 Å². The number of aromatic carboxylic acids is 1. The fraction of sp³-hybridized carbons (Fsp3) is 0.214. The smallest absolute Gasteiger partial charge is 0.339 e. The number of nitriles is 1. The van der Waals surface area contributed by atoms with Gasteiger partial charge in [0, 0.05) is 0 Å². The Labute approximate surface area is 115 Å². The van der Waals surface area contributed by atoms with E-state index in [4.69, 9.17) is 15.1 Å². The molecule has 0 saturated carbocycles. The molecule has 0 amide bonds. The predicted octanol–water partition coefficient (Wildman–Crippen LogP) is 1.82. The number of carboxylic acids is 1. The summed E-state index contributed by atoms with van der Waals surface area (Å²) in [7, 11) is 1.51. The molecule has 6 heteroatoms. The van der Waals surface area contributed by atoms with E-state index in [2.05, 4.69) is 11.2 Å². The maximum atomic E-state index is 11.0. The van der Waals surface area contributed by atoms with Crippen molar-refractivity contribution in [2.24, 2.45) is 0 Å². The minimum atomic E-state index is -0.999. The maximum absolute atomic E-state index is 11.0. The molecular weight excluding hydrogens is 258 g/mol. The Balaban J connectivity index is 2.31. The fourth-order valence-corrected chi connectivity index (χ4v) is 1.93. The van der Waals surface area contributed by atoms with Crippen molar-refractivity contribution in [2.75, 3.05) is 7.11 Å². The Bertz CT molecular complexity index is 698. The molecule has 0 aliphatic carbocycles. The number of methoxy groups -OCH3 is 1. The number of hydrogen-bond acceptors (Lipinski definition) is 4. The van der Waals surface area contributed by atoms with Crippen LogP contribution in [0, 0.1) is 18.3 Å². The predicted molar refractivity (Wildman–Crippen MR) is 70.7 cm³/mol. The summed E-state index contributed by atoms with van der Waals surface area (Å²) in [5.74, 6) is -0.485. The van der Waals surface area contributed by atoms with Crippen LogP contribution in [0.4, 0.5) is 0 Å². The highest BCUT2D eigenvalue weighted by Crippen LogP contribution is 2.20. The van der Waals surface area contributed by atoms with Crippen LogP contribution >= 0.6 is 0 Å². The van der Waals surface area contributed by atoms with Gasteiger partial charge in [-0.1, -0.05) is 6.07 Å². The van der Waals surface area contributed by atoms with Gasteiger partial charge in [-0.15, -0.1) is 0 Å². The van der Waals surface area contributed by atoms with Crippen LogP contribution in [0.25, 0.3) is 0 Å². The zero-order valence-electron chi connectivity index (χ0n) is 11.1. The van der Waals surface area contributed by atoms with Crippen molar-refractivity contribution in [1.29, 1.82) is 5.26 Å². The summed E-state index contributed by atoms with van der Waals surface area (Å²) in [5.41, 5.74) is 2.05. The third-order valence-electron chi connectivity index (χ3n) is 3.05. The number of ether oxygens (including phenoxy) is 1. The van der Waals surface area contributed by atoms with Crippen LogP contribution in [-0.2, 0) is 6.54 Å². The quantitative estimate of drug-likeness (QED) is 0.916. The van der Waals surface area contributed by atoms with E-state index in [-0.39, 0.29) is 5.56 Å². The Morgan fingerprint density at radius 3 is 2.85 bits per heavy atom. The van der Waals surface area contributed by atoms with Crippen LogP contribution < -0.4 is 4.74 Å². The number of hydrogen-bond donors (Lipinski definition) is 1. The number of carbonyl (C=O) groups is 1. The summed E-state index contributed by atoms with van der Waals surface area (Å²) < 4.78 is 6.67. The van der Waals surface area contributed by atoms with Gasteiger partial charge < -0.3 is 9.84 Å². The molecule has 1 aromatic carbocycles. The number of carboxylic acid groups (broad SMARTS) is 1. The molecular formula is C14H13N3O3. The molecule has 0 spiro atoms. The number of nitrogens with zero attached hydrogens (tertiary/aromatic N) is 3. The van der Waals surface area contributed by atoms with Crippen LogP contribution in [0.3, 0.4) is 0 Å². The van der Waals surface area contributed by atoms with Gasteiger partial charge in [-0.25, -0.2) is 4.79 Å². The zero-order chi connectivity index (χ0) is 14.7. The molecule has 0 unspecified atom stereocenters. The first-order chi connectivity index (χ1) is 9.56. The highest BCUT2D eigenvalue weighted by molar-refractivity contribution is 5.88. The average molecular weight is 271 g/mol. The molecule has 0 saturated heterocycles. The van der Waals surface area contributed by atoms with E-state index in [9.17, 15) is 4.79 Å². The van der Waals surface area contributed by atoms with Gasteiger partial charge in [-0.3, -0.25) is 4.68 Å². The van der Waals surface area contributed by atoms with Gasteiger partial charge in [0.05, 0.1) is 31.1 Å². The Kier molecular flexibility index (Phi) is 3.71. The second kappa shape index (κ2) is 5.45. The number of benzene rings is 1. The normalized spacial score (nSPS) is 10.1. The molecule has 2 rings (SSSR count). The largest absolute Gasteiger partial charge is 0.495 e. The summed E-state index contributed by atoms with van der Waals surface area (Å²) >= 11 is 0. The summed E-state index contributed by atoms with van der Waals surface area (Å²) in [6.07, 6.45) is 1.33. The lowest BCUT2D eigenvalue weighted by Gasteiger charge is -2.08. The van der Waals surface area contributed by atoms with E-state index in [1.165, 1.54) is 13.3 Å². The van der Waals surface area contributed by atoms with Gasteiger partial charge in [0.1, 0.15) is 17.4 Å². The molecule has 6 nitrogen and oxygen atoms in total. The van der Waals surface area contributed by atoms with Crippen molar-refractivity contribution in [3.8, 4) is 11.8 Å². The lowest BCUT2D eigenvalue weighted by Crippen LogP contribution is -2.06. The zero-order valence-corrected chi connectivity index (χ0v) is 11.1.